The number of hydrogen-bond donors (Lipinski definition) is 1. The molecule has 4 nitrogen and oxygen atoms in total. The first-order valence-corrected chi connectivity index (χ1v) is 8.59. The summed E-state index contributed by atoms with van der Waals surface area (Å²) in [6.07, 6.45) is 3.65. The predicted molar refractivity (Wildman–Crippen MR) is 111 cm³/mol. The topological polar surface area (TPSA) is 36.9 Å². The van der Waals surface area contributed by atoms with E-state index < -0.39 is 0 Å². The Balaban J connectivity index is 0.00000208. The Bertz CT molecular complexity index is 596. The molecule has 1 aromatic carbocycles. The van der Waals surface area contributed by atoms with Gasteiger partial charge in [0.2, 0.25) is 0 Å². The predicted octanol–water partition coefficient (Wildman–Crippen LogP) is 3.65. The van der Waals surface area contributed by atoms with E-state index in [1.54, 1.807) is 7.11 Å². The number of para-hydroxylation sites is 1. The van der Waals surface area contributed by atoms with E-state index in [-0.39, 0.29) is 29.4 Å². The number of ether oxygens (including phenoxy) is 1. The Morgan fingerprint density at radius 3 is 2.50 bits per heavy atom. The van der Waals surface area contributed by atoms with E-state index in [1.807, 2.05) is 13.1 Å². The molecule has 1 saturated heterocycles. The van der Waals surface area contributed by atoms with Crippen LogP contribution in [0, 0.1) is 5.41 Å². The molecule has 0 spiro atoms. The van der Waals surface area contributed by atoms with Crippen molar-refractivity contribution in [2.75, 3.05) is 33.8 Å². The minimum Gasteiger partial charge on any atom is -0.496 e. The largest absolute Gasteiger partial charge is 0.496 e. The average molecular weight is 443 g/mol. The number of halogens is 1. The van der Waals surface area contributed by atoms with Crippen LogP contribution in [-0.2, 0) is 5.41 Å². The molecule has 1 N–H and O–H groups in total. The number of hydrogen-bond acceptors (Lipinski definition) is 2. The highest BCUT2D eigenvalue weighted by Gasteiger charge is 2.46. The van der Waals surface area contributed by atoms with E-state index in [1.165, 1.54) is 24.8 Å². The van der Waals surface area contributed by atoms with Crippen molar-refractivity contribution in [2.24, 2.45) is 10.4 Å². The summed E-state index contributed by atoms with van der Waals surface area (Å²) in [5.41, 5.74) is 1.92. The summed E-state index contributed by atoms with van der Waals surface area (Å²) < 4.78 is 5.56. The zero-order valence-corrected chi connectivity index (χ0v) is 17.6. The first-order valence-electron chi connectivity index (χ1n) is 8.59. The number of guanidine groups is 1. The molecule has 1 aromatic rings. The third kappa shape index (κ3) is 3.98. The molecule has 2 aliphatic rings. The SMILES string of the molecule is CN=C(NCC1(c2ccccc2OC)CC1)N1CCC(C)(C)C1.I. The van der Waals surface area contributed by atoms with Gasteiger partial charge < -0.3 is 15.0 Å². The molecule has 1 saturated carbocycles. The molecule has 1 aliphatic heterocycles. The van der Waals surface area contributed by atoms with Crippen molar-refractivity contribution in [3.8, 4) is 5.75 Å². The van der Waals surface area contributed by atoms with Gasteiger partial charge in [-0.1, -0.05) is 32.0 Å². The lowest BCUT2D eigenvalue weighted by atomic mass is 9.93. The Morgan fingerprint density at radius 2 is 1.96 bits per heavy atom. The molecule has 0 unspecified atom stereocenters. The van der Waals surface area contributed by atoms with Crippen LogP contribution in [0.4, 0.5) is 0 Å². The molecule has 2 fully saturated rings. The zero-order chi connectivity index (χ0) is 16.5. The fourth-order valence-electron chi connectivity index (χ4n) is 3.65. The molecule has 0 aromatic heterocycles. The number of nitrogens with zero attached hydrogens (tertiary/aromatic N) is 2. The molecular formula is C19H30IN3O. The Hall–Kier alpha value is -0.980. The maximum absolute atomic E-state index is 5.56. The molecule has 134 valence electrons. The van der Waals surface area contributed by atoms with Crippen molar-refractivity contribution in [1.29, 1.82) is 0 Å². The summed E-state index contributed by atoms with van der Waals surface area (Å²) in [6.45, 7) is 7.76. The van der Waals surface area contributed by atoms with E-state index in [9.17, 15) is 0 Å². The fourth-order valence-corrected chi connectivity index (χ4v) is 3.65. The Morgan fingerprint density at radius 1 is 1.25 bits per heavy atom. The van der Waals surface area contributed by atoms with Gasteiger partial charge in [0.1, 0.15) is 5.75 Å². The minimum atomic E-state index is 0. The van der Waals surface area contributed by atoms with Gasteiger partial charge in [-0.05, 0) is 30.7 Å². The number of nitrogens with one attached hydrogen (secondary N) is 1. The van der Waals surface area contributed by atoms with Crippen LogP contribution in [0.2, 0.25) is 0 Å². The van der Waals surface area contributed by atoms with Gasteiger partial charge in [-0.25, -0.2) is 0 Å². The molecule has 0 amide bonds. The number of likely N-dealkylation sites (tertiary alicyclic amines) is 1. The van der Waals surface area contributed by atoms with Crippen molar-refractivity contribution in [2.45, 2.75) is 38.5 Å². The van der Waals surface area contributed by atoms with Crippen LogP contribution in [0.3, 0.4) is 0 Å². The standard InChI is InChI=1S/C19H29N3O.HI/c1-18(2)11-12-22(14-18)17(20-3)21-13-19(9-10-19)15-7-5-6-8-16(15)23-4;/h5-8H,9-14H2,1-4H3,(H,20,21);1H. The molecule has 3 rings (SSSR count). The smallest absolute Gasteiger partial charge is 0.193 e. The molecule has 0 radical (unpaired) electrons. The normalized spacial score (nSPS) is 21.2. The molecule has 1 aliphatic carbocycles. The van der Waals surface area contributed by atoms with Crippen molar-refractivity contribution in [3.63, 3.8) is 0 Å². The second kappa shape index (κ2) is 7.50. The highest BCUT2D eigenvalue weighted by molar-refractivity contribution is 14.0. The molecule has 24 heavy (non-hydrogen) atoms. The number of methoxy groups -OCH3 is 1. The van der Waals surface area contributed by atoms with E-state index in [2.05, 4.69) is 47.3 Å². The van der Waals surface area contributed by atoms with E-state index in [0.717, 1.165) is 31.3 Å². The monoisotopic (exact) mass is 443 g/mol. The zero-order valence-electron chi connectivity index (χ0n) is 15.3. The van der Waals surface area contributed by atoms with Crippen molar-refractivity contribution < 1.29 is 4.74 Å². The van der Waals surface area contributed by atoms with Gasteiger partial charge in [-0.2, -0.15) is 0 Å². The van der Waals surface area contributed by atoms with Gasteiger partial charge in [0.15, 0.2) is 5.96 Å². The fraction of sp³-hybridized carbons (Fsp3) is 0.632. The lowest BCUT2D eigenvalue weighted by Crippen LogP contribution is -2.43. The van der Waals surface area contributed by atoms with Crippen LogP contribution in [0.5, 0.6) is 5.75 Å². The van der Waals surface area contributed by atoms with Crippen LogP contribution in [0.1, 0.15) is 38.7 Å². The van der Waals surface area contributed by atoms with Crippen molar-refractivity contribution in [1.82, 2.24) is 10.2 Å². The summed E-state index contributed by atoms with van der Waals surface area (Å²) in [5.74, 6) is 2.04. The lowest BCUT2D eigenvalue weighted by Gasteiger charge is -2.26. The van der Waals surface area contributed by atoms with E-state index in [0.29, 0.717) is 5.41 Å². The number of benzene rings is 1. The molecule has 0 atom stereocenters. The first-order chi connectivity index (χ1) is 11.0. The van der Waals surface area contributed by atoms with E-state index in [4.69, 9.17) is 4.74 Å². The summed E-state index contributed by atoms with van der Waals surface area (Å²) in [6, 6.07) is 8.41. The average Bonchev–Trinajstić information content (AvgIpc) is 3.25. The third-order valence-corrected chi connectivity index (χ3v) is 5.31. The van der Waals surface area contributed by atoms with Gasteiger partial charge in [0, 0.05) is 37.7 Å². The third-order valence-electron chi connectivity index (χ3n) is 5.31. The number of aliphatic imine (C=N–C) groups is 1. The lowest BCUT2D eigenvalue weighted by molar-refractivity contribution is 0.368. The van der Waals surface area contributed by atoms with Gasteiger partial charge in [-0.15, -0.1) is 24.0 Å². The van der Waals surface area contributed by atoms with Crippen LogP contribution < -0.4 is 10.1 Å². The second-order valence-corrected chi connectivity index (χ2v) is 7.72. The van der Waals surface area contributed by atoms with Crippen LogP contribution in [-0.4, -0.2) is 44.7 Å². The minimum absolute atomic E-state index is 0. The molecule has 5 heteroatoms. The first kappa shape index (κ1) is 19.3. The molecule has 0 bridgehead atoms. The van der Waals surface area contributed by atoms with Crippen molar-refractivity contribution >= 4 is 29.9 Å². The molecular weight excluding hydrogens is 413 g/mol. The van der Waals surface area contributed by atoms with Crippen LogP contribution in [0.25, 0.3) is 0 Å². The summed E-state index contributed by atoms with van der Waals surface area (Å²) in [5, 5.41) is 3.62. The maximum Gasteiger partial charge on any atom is 0.193 e. The van der Waals surface area contributed by atoms with Crippen LogP contribution in [0.15, 0.2) is 29.3 Å². The Labute approximate surface area is 163 Å². The van der Waals surface area contributed by atoms with Crippen LogP contribution >= 0.6 is 24.0 Å². The van der Waals surface area contributed by atoms with Gasteiger partial charge in [0.25, 0.3) is 0 Å². The van der Waals surface area contributed by atoms with Gasteiger partial charge in [-0.3, -0.25) is 4.99 Å². The summed E-state index contributed by atoms with van der Waals surface area (Å²) in [4.78, 5) is 6.89. The quantitative estimate of drug-likeness (QED) is 0.439. The second-order valence-electron chi connectivity index (χ2n) is 7.72. The van der Waals surface area contributed by atoms with Crippen molar-refractivity contribution in [3.05, 3.63) is 29.8 Å². The van der Waals surface area contributed by atoms with E-state index >= 15 is 0 Å². The van der Waals surface area contributed by atoms with Gasteiger partial charge in [0.05, 0.1) is 7.11 Å². The molecule has 1 heterocycles. The summed E-state index contributed by atoms with van der Waals surface area (Å²) >= 11 is 0. The highest BCUT2D eigenvalue weighted by Crippen LogP contribution is 2.50. The van der Waals surface area contributed by atoms with Gasteiger partial charge >= 0.3 is 0 Å². The maximum atomic E-state index is 5.56. The Kier molecular flexibility index (Phi) is 6.04. The highest BCUT2D eigenvalue weighted by atomic mass is 127. The number of rotatable bonds is 4. The summed E-state index contributed by atoms with van der Waals surface area (Å²) in [7, 11) is 3.64.